The molecule has 1 aromatic heterocycles. The number of hydrogen-bond acceptors (Lipinski definition) is 5. The van der Waals surface area contributed by atoms with Gasteiger partial charge in [-0.05, 0) is 35.7 Å². The van der Waals surface area contributed by atoms with Crippen LogP contribution in [0.5, 0.6) is 5.75 Å². The van der Waals surface area contributed by atoms with Crippen molar-refractivity contribution in [3.63, 3.8) is 0 Å². The normalized spacial score (nSPS) is 10.9. The Morgan fingerprint density at radius 1 is 1.12 bits per heavy atom. The lowest BCUT2D eigenvalue weighted by Gasteiger charge is -2.10. The molecular weight excluding hydrogens is 460 g/mol. The maximum absolute atomic E-state index is 12.5. The summed E-state index contributed by atoms with van der Waals surface area (Å²) in [6.45, 7) is 4.82. The lowest BCUT2D eigenvalue weighted by molar-refractivity contribution is -0.138. The van der Waals surface area contributed by atoms with Gasteiger partial charge in [0, 0.05) is 29.1 Å². The highest BCUT2D eigenvalue weighted by molar-refractivity contribution is 6.34. The van der Waals surface area contributed by atoms with Crippen molar-refractivity contribution in [3.05, 3.63) is 53.2 Å². The van der Waals surface area contributed by atoms with E-state index >= 15 is 0 Å². The van der Waals surface area contributed by atoms with Crippen LogP contribution in [0.15, 0.2) is 42.6 Å². The van der Waals surface area contributed by atoms with E-state index in [4.69, 9.17) is 26.2 Å². The number of halogens is 1. The standard InChI is InChI=1S/C25H27ClN2O6/c1-15(2)14-34-25(32)20-13-28-22-12-21(26)18(11-19(20)22)16-3-5-17(6-4-16)33-10-9-27-23(29)7-8-24(30)31/h3-6,11-13,15,28H,7-10,14H2,1-2H3,(H,27,29)(H,30,31). The number of fused-ring (bicyclic) bond motifs is 1. The van der Waals surface area contributed by atoms with E-state index in [1.54, 1.807) is 24.4 Å². The zero-order valence-corrected chi connectivity index (χ0v) is 19.8. The third-order valence-corrected chi connectivity index (χ3v) is 5.27. The van der Waals surface area contributed by atoms with Crippen molar-refractivity contribution in [1.82, 2.24) is 10.3 Å². The molecule has 180 valence electrons. The van der Waals surface area contributed by atoms with Crippen LogP contribution in [-0.2, 0) is 14.3 Å². The summed E-state index contributed by atoms with van der Waals surface area (Å²) in [7, 11) is 0. The maximum Gasteiger partial charge on any atom is 0.340 e. The second kappa shape index (κ2) is 11.6. The van der Waals surface area contributed by atoms with Gasteiger partial charge in [-0.3, -0.25) is 9.59 Å². The van der Waals surface area contributed by atoms with Gasteiger partial charge < -0.3 is 24.9 Å². The Hall–Kier alpha value is -3.52. The SMILES string of the molecule is CC(C)COC(=O)c1c[nH]c2cc(Cl)c(-c3ccc(OCCNC(=O)CCC(=O)O)cc3)cc12. The molecule has 3 N–H and O–H groups in total. The van der Waals surface area contributed by atoms with Crippen molar-refractivity contribution in [1.29, 1.82) is 0 Å². The minimum atomic E-state index is -1.01. The van der Waals surface area contributed by atoms with Crippen LogP contribution in [0.3, 0.4) is 0 Å². The van der Waals surface area contributed by atoms with Crippen molar-refractivity contribution >= 4 is 40.3 Å². The van der Waals surface area contributed by atoms with Crippen LogP contribution in [0.4, 0.5) is 0 Å². The Labute approximate surface area is 202 Å². The number of H-pyrrole nitrogens is 1. The molecule has 0 atom stereocenters. The molecule has 34 heavy (non-hydrogen) atoms. The molecule has 2 aromatic carbocycles. The number of aliphatic carboxylic acids is 1. The number of nitrogens with one attached hydrogen (secondary N) is 2. The predicted molar refractivity (Wildman–Crippen MR) is 129 cm³/mol. The first-order chi connectivity index (χ1) is 16.2. The largest absolute Gasteiger partial charge is 0.492 e. The summed E-state index contributed by atoms with van der Waals surface area (Å²) >= 11 is 6.50. The first-order valence-electron chi connectivity index (χ1n) is 10.9. The van der Waals surface area contributed by atoms with E-state index < -0.39 is 5.97 Å². The Morgan fingerprint density at radius 3 is 2.53 bits per heavy atom. The first-order valence-corrected chi connectivity index (χ1v) is 11.3. The summed E-state index contributed by atoms with van der Waals surface area (Å²) in [5.74, 6) is -0.867. The molecule has 1 heterocycles. The number of aromatic amines is 1. The van der Waals surface area contributed by atoms with E-state index in [9.17, 15) is 14.4 Å². The molecule has 3 rings (SSSR count). The summed E-state index contributed by atoms with van der Waals surface area (Å²) in [6, 6.07) is 10.9. The van der Waals surface area contributed by atoms with E-state index in [0.717, 1.165) is 22.0 Å². The number of benzene rings is 2. The van der Waals surface area contributed by atoms with Crippen LogP contribution in [0, 0.1) is 5.92 Å². The molecule has 0 spiro atoms. The first kappa shape index (κ1) is 25.1. The van der Waals surface area contributed by atoms with Crippen molar-refractivity contribution in [2.45, 2.75) is 26.7 Å². The molecule has 0 fully saturated rings. The highest BCUT2D eigenvalue weighted by atomic mass is 35.5. The fourth-order valence-electron chi connectivity index (χ4n) is 3.25. The van der Waals surface area contributed by atoms with E-state index in [1.807, 2.05) is 32.0 Å². The summed E-state index contributed by atoms with van der Waals surface area (Å²) < 4.78 is 11.0. The maximum atomic E-state index is 12.5. The van der Waals surface area contributed by atoms with Crippen LogP contribution >= 0.6 is 11.6 Å². The molecule has 0 bridgehead atoms. The number of hydrogen-bond donors (Lipinski definition) is 3. The van der Waals surface area contributed by atoms with Crippen LogP contribution in [0.25, 0.3) is 22.0 Å². The Morgan fingerprint density at radius 2 is 1.85 bits per heavy atom. The van der Waals surface area contributed by atoms with Gasteiger partial charge in [-0.1, -0.05) is 37.6 Å². The van der Waals surface area contributed by atoms with Gasteiger partial charge in [-0.25, -0.2) is 4.79 Å². The number of esters is 1. The number of carbonyl (C=O) groups excluding carboxylic acids is 2. The average molecular weight is 487 g/mol. The van der Waals surface area contributed by atoms with Gasteiger partial charge in [0.05, 0.1) is 30.2 Å². The Kier molecular flexibility index (Phi) is 8.54. The molecule has 0 aliphatic carbocycles. The fraction of sp³-hybridized carbons (Fsp3) is 0.320. The molecule has 0 aliphatic rings. The van der Waals surface area contributed by atoms with Gasteiger partial charge in [0.1, 0.15) is 12.4 Å². The number of carboxylic acid groups (broad SMARTS) is 1. The molecule has 8 nitrogen and oxygen atoms in total. The molecule has 0 radical (unpaired) electrons. The van der Waals surface area contributed by atoms with E-state index in [2.05, 4.69) is 10.3 Å². The smallest absolute Gasteiger partial charge is 0.340 e. The fourth-order valence-corrected chi connectivity index (χ4v) is 3.53. The predicted octanol–water partition coefficient (Wildman–Crippen LogP) is 4.66. The van der Waals surface area contributed by atoms with Gasteiger partial charge in [0.25, 0.3) is 0 Å². The van der Waals surface area contributed by atoms with Crippen LogP contribution < -0.4 is 10.1 Å². The highest BCUT2D eigenvalue weighted by Gasteiger charge is 2.17. The van der Waals surface area contributed by atoms with E-state index in [1.165, 1.54) is 0 Å². The minimum absolute atomic E-state index is 0.0621. The molecule has 0 saturated heterocycles. The Bertz CT molecular complexity index is 1170. The number of carboxylic acids is 1. The summed E-state index contributed by atoms with van der Waals surface area (Å²) in [6.07, 6.45) is 1.37. The van der Waals surface area contributed by atoms with Crippen molar-refractivity contribution in [3.8, 4) is 16.9 Å². The highest BCUT2D eigenvalue weighted by Crippen LogP contribution is 2.34. The monoisotopic (exact) mass is 486 g/mol. The third kappa shape index (κ3) is 6.74. The average Bonchev–Trinajstić information content (AvgIpc) is 3.21. The lowest BCUT2D eigenvalue weighted by Crippen LogP contribution is -2.28. The lowest BCUT2D eigenvalue weighted by atomic mass is 10.0. The van der Waals surface area contributed by atoms with Crippen molar-refractivity contribution in [2.24, 2.45) is 5.92 Å². The molecule has 3 aromatic rings. The van der Waals surface area contributed by atoms with Gasteiger partial charge >= 0.3 is 11.9 Å². The van der Waals surface area contributed by atoms with Gasteiger partial charge in [0.2, 0.25) is 5.91 Å². The molecule has 0 saturated carbocycles. The number of ether oxygens (including phenoxy) is 2. The molecular formula is C25H27ClN2O6. The quantitative estimate of drug-likeness (QED) is 0.268. The van der Waals surface area contributed by atoms with Crippen LogP contribution in [-0.4, -0.2) is 47.7 Å². The zero-order chi connectivity index (χ0) is 24.7. The van der Waals surface area contributed by atoms with Crippen LogP contribution in [0.2, 0.25) is 5.02 Å². The number of amides is 1. The summed E-state index contributed by atoms with van der Waals surface area (Å²) in [5, 5.41) is 12.5. The van der Waals surface area contributed by atoms with Crippen molar-refractivity contribution < 1.29 is 29.0 Å². The second-order valence-corrected chi connectivity index (χ2v) is 8.60. The molecule has 0 aliphatic heterocycles. The van der Waals surface area contributed by atoms with E-state index in [0.29, 0.717) is 22.9 Å². The second-order valence-electron chi connectivity index (χ2n) is 8.19. The van der Waals surface area contributed by atoms with E-state index in [-0.39, 0.29) is 43.8 Å². The molecule has 1 amide bonds. The zero-order valence-electron chi connectivity index (χ0n) is 19.0. The summed E-state index contributed by atoms with van der Waals surface area (Å²) in [5.41, 5.74) is 2.82. The summed E-state index contributed by atoms with van der Waals surface area (Å²) in [4.78, 5) is 37.6. The third-order valence-electron chi connectivity index (χ3n) is 4.96. The minimum Gasteiger partial charge on any atom is -0.492 e. The van der Waals surface area contributed by atoms with Gasteiger partial charge in [0.15, 0.2) is 0 Å². The number of aromatic nitrogens is 1. The van der Waals surface area contributed by atoms with Gasteiger partial charge in [-0.2, -0.15) is 0 Å². The Balaban J connectivity index is 1.65. The van der Waals surface area contributed by atoms with Crippen molar-refractivity contribution in [2.75, 3.05) is 19.8 Å². The molecule has 9 heteroatoms. The number of rotatable bonds is 11. The van der Waals surface area contributed by atoms with Gasteiger partial charge in [-0.15, -0.1) is 0 Å². The topological polar surface area (TPSA) is 118 Å². The number of carbonyl (C=O) groups is 3. The molecule has 0 unspecified atom stereocenters. The van der Waals surface area contributed by atoms with Crippen LogP contribution in [0.1, 0.15) is 37.0 Å².